The molecule has 4 aliphatic carbocycles. The van der Waals surface area contributed by atoms with Crippen molar-refractivity contribution in [3.8, 4) is 0 Å². The molecule has 0 spiro atoms. The summed E-state index contributed by atoms with van der Waals surface area (Å²) in [6.07, 6.45) is 2.43. The Morgan fingerprint density at radius 2 is 1.71 bits per heavy atom. The van der Waals surface area contributed by atoms with E-state index in [-0.39, 0.29) is 36.4 Å². The van der Waals surface area contributed by atoms with Crippen LogP contribution in [0.15, 0.2) is 11.6 Å². The second-order valence-corrected chi connectivity index (χ2v) is 13.2. The molecule has 3 fully saturated rings. The molecule has 4 aliphatic rings. The molecule has 0 saturated heterocycles. The van der Waals surface area contributed by atoms with Crippen molar-refractivity contribution < 1.29 is 35.4 Å². The topological polar surface area (TPSA) is 138 Å². The third-order valence-electron chi connectivity index (χ3n) is 10.6. The molecule has 0 amide bonds. The highest BCUT2D eigenvalue weighted by Crippen LogP contribution is 2.68. The quantitative estimate of drug-likeness (QED) is 0.353. The Kier molecular flexibility index (Phi) is 6.24. The van der Waals surface area contributed by atoms with E-state index >= 15 is 0 Å². The minimum atomic E-state index is -1.26. The fraction of sp³-hybridized carbons (Fsp3) is 0.889. The molecule has 6 N–H and O–H groups in total. The van der Waals surface area contributed by atoms with Gasteiger partial charge in [0.25, 0.3) is 0 Å². The van der Waals surface area contributed by atoms with E-state index in [0.29, 0.717) is 32.1 Å². The molecule has 4 rings (SSSR count). The zero-order valence-electron chi connectivity index (χ0n) is 21.3. The van der Waals surface area contributed by atoms with Gasteiger partial charge in [-0.25, -0.2) is 0 Å². The lowest BCUT2D eigenvalue weighted by Crippen LogP contribution is -2.61. The maximum Gasteiger partial charge on any atom is 0.159 e. The molecule has 0 aromatic rings. The van der Waals surface area contributed by atoms with Crippen molar-refractivity contribution >= 4 is 5.78 Å². The average molecular weight is 481 g/mol. The van der Waals surface area contributed by atoms with Gasteiger partial charge < -0.3 is 30.6 Å². The Morgan fingerprint density at radius 1 is 1.06 bits per heavy atom. The van der Waals surface area contributed by atoms with Crippen molar-refractivity contribution in [2.75, 3.05) is 0 Å². The Labute approximate surface area is 202 Å². The predicted molar refractivity (Wildman–Crippen MR) is 127 cm³/mol. The number of carbonyl (C=O) groups is 1. The number of carbonyl (C=O) groups excluding carboxylic acids is 1. The standard InChI is InChI=1S/C27H44O7/c1-23(2,32)22(31)8-10-26(5,33)21-7-11-27(34)16-12-18(28)17-13-19(29)20(30)14-24(17,3)15(16)6-9-25(21,27)4/h12,15,17,19-22,29-34H,6-11,13-14H2,1-5H3. The molecular weight excluding hydrogens is 436 g/mol. The van der Waals surface area contributed by atoms with Crippen molar-refractivity contribution in [1.82, 2.24) is 0 Å². The Hall–Kier alpha value is -0.830. The van der Waals surface area contributed by atoms with Gasteiger partial charge in [-0.05, 0) is 101 Å². The summed E-state index contributed by atoms with van der Waals surface area (Å²) in [5.74, 6) is -0.742. The van der Waals surface area contributed by atoms with E-state index in [4.69, 9.17) is 0 Å². The molecule has 10 unspecified atom stereocenters. The van der Waals surface area contributed by atoms with E-state index in [0.717, 1.165) is 12.0 Å². The van der Waals surface area contributed by atoms with Crippen LogP contribution in [0.2, 0.25) is 0 Å². The molecule has 7 heteroatoms. The summed E-state index contributed by atoms with van der Waals surface area (Å²) < 4.78 is 0. The minimum absolute atomic E-state index is 0.0591. The van der Waals surface area contributed by atoms with E-state index in [9.17, 15) is 35.4 Å². The van der Waals surface area contributed by atoms with Gasteiger partial charge in [-0.15, -0.1) is 0 Å². The highest BCUT2D eigenvalue weighted by Gasteiger charge is 2.68. The molecule has 194 valence electrons. The van der Waals surface area contributed by atoms with Gasteiger partial charge >= 0.3 is 0 Å². The van der Waals surface area contributed by atoms with Gasteiger partial charge in [0.05, 0.1) is 35.1 Å². The lowest BCUT2D eigenvalue weighted by molar-refractivity contribution is -0.161. The summed E-state index contributed by atoms with van der Waals surface area (Å²) in [4.78, 5) is 13.2. The number of hydrogen-bond acceptors (Lipinski definition) is 7. The van der Waals surface area contributed by atoms with Crippen LogP contribution in [0.4, 0.5) is 0 Å². The monoisotopic (exact) mass is 480 g/mol. The molecule has 3 saturated carbocycles. The first-order valence-corrected chi connectivity index (χ1v) is 12.9. The number of aliphatic hydroxyl groups is 6. The third-order valence-corrected chi connectivity index (χ3v) is 10.6. The molecule has 0 radical (unpaired) electrons. The lowest BCUT2D eigenvalue weighted by Gasteiger charge is -2.60. The van der Waals surface area contributed by atoms with Gasteiger partial charge in [0, 0.05) is 11.3 Å². The van der Waals surface area contributed by atoms with Gasteiger partial charge in [-0.1, -0.05) is 13.8 Å². The van der Waals surface area contributed by atoms with Crippen LogP contribution >= 0.6 is 0 Å². The van der Waals surface area contributed by atoms with Crippen LogP contribution in [0.5, 0.6) is 0 Å². The highest BCUT2D eigenvalue weighted by molar-refractivity contribution is 5.95. The van der Waals surface area contributed by atoms with Crippen molar-refractivity contribution in [1.29, 1.82) is 0 Å². The maximum atomic E-state index is 13.2. The van der Waals surface area contributed by atoms with Crippen molar-refractivity contribution in [3.63, 3.8) is 0 Å². The molecule has 0 aromatic carbocycles. The van der Waals surface area contributed by atoms with Gasteiger partial charge in [-0.3, -0.25) is 4.79 Å². The van der Waals surface area contributed by atoms with Gasteiger partial charge in [-0.2, -0.15) is 0 Å². The van der Waals surface area contributed by atoms with Crippen LogP contribution in [0.3, 0.4) is 0 Å². The molecule has 34 heavy (non-hydrogen) atoms. The van der Waals surface area contributed by atoms with Gasteiger partial charge in [0.1, 0.15) is 0 Å². The number of aliphatic hydroxyl groups excluding tert-OH is 3. The second-order valence-electron chi connectivity index (χ2n) is 13.2. The SMILES string of the molecule is CC(C)(O)C(O)CCC(C)(O)C1CCC2(O)C3=CC(=O)C4CC(O)C(O)CC4(C)C3CCC12C. The van der Waals surface area contributed by atoms with Crippen molar-refractivity contribution in [3.05, 3.63) is 11.6 Å². The molecular formula is C27H44O7. The van der Waals surface area contributed by atoms with Crippen LogP contribution in [0.25, 0.3) is 0 Å². The van der Waals surface area contributed by atoms with E-state index in [2.05, 4.69) is 0 Å². The van der Waals surface area contributed by atoms with Crippen LogP contribution in [0.1, 0.15) is 86.0 Å². The lowest BCUT2D eigenvalue weighted by atomic mass is 9.45. The molecule has 0 aromatic heterocycles. The van der Waals surface area contributed by atoms with E-state index in [1.807, 2.05) is 13.8 Å². The van der Waals surface area contributed by atoms with Gasteiger partial charge in [0.2, 0.25) is 0 Å². The zero-order chi connectivity index (χ0) is 25.5. The van der Waals surface area contributed by atoms with Crippen molar-refractivity contribution in [2.45, 2.75) is 121 Å². The number of hydrogen-bond donors (Lipinski definition) is 6. The first-order valence-electron chi connectivity index (χ1n) is 12.9. The maximum absolute atomic E-state index is 13.2. The summed E-state index contributed by atoms with van der Waals surface area (Å²) in [6.45, 7) is 8.89. The Balaban J connectivity index is 1.64. The largest absolute Gasteiger partial charge is 0.390 e. The summed E-state index contributed by atoms with van der Waals surface area (Å²) in [5.41, 5.74) is -4.07. The molecule has 10 atom stereocenters. The molecule has 0 bridgehead atoms. The summed E-state index contributed by atoms with van der Waals surface area (Å²) in [7, 11) is 0. The van der Waals surface area contributed by atoms with Crippen LogP contribution in [-0.2, 0) is 4.79 Å². The van der Waals surface area contributed by atoms with E-state index in [1.165, 1.54) is 0 Å². The van der Waals surface area contributed by atoms with Crippen LogP contribution in [0, 0.1) is 28.6 Å². The van der Waals surface area contributed by atoms with Gasteiger partial charge in [0.15, 0.2) is 5.78 Å². The number of fused-ring (bicyclic) bond motifs is 5. The van der Waals surface area contributed by atoms with Crippen LogP contribution < -0.4 is 0 Å². The normalized spacial score (nSPS) is 47.2. The summed E-state index contributed by atoms with van der Waals surface area (Å²) in [6, 6.07) is 0. The summed E-state index contributed by atoms with van der Waals surface area (Å²) in [5, 5.41) is 64.8. The number of allylic oxidation sites excluding steroid dienone is 1. The third kappa shape index (κ3) is 3.73. The smallest absolute Gasteiger partial charge is 0.159 e. The fourth-order valence-electron chi connectivity index (χ4n) is 8.32. The Morgan fingerprint density at radius 3 is 2.32 bits per heavy atom. The number of rotatable bonds is 5. The first kappa shape index (κ1) is 26.2. The van der Waals surface area contributed by atoms with Crippen LogP contribution in [-0.4, -0.2) is 71.5 Å². The van der Waals surface area contributed by atoms with Crippen molar-refractivity contribution in [2.24, 2.45) is 28.6 Å². The van der Waals surface area contributed by atoms with E-state index in [1.54, 1.807) is 26.8 Å². The second kappa shape index (κ2) is 8.09. The predicted octanol–water partition coefficient (Wildman–Crippen LogP) is 1.85. The highest BCUT2D eigenvalue weighted by atomic mass is 16.3. The zero-order valence-corrected chi connectivity index (χ0v) is 21.3. The molecule has 7 nitrogen and oxygen atoms in total. The van der Waals surface area contributed by atoms with E-state index < -0.39 is 45.9 Å². The number of ketones is 1. The fourth-order valence-corrected chi connectivity index (χ4v) is 8.32. The first-order chi connectivity index (χ1) is 15.5. The Bertz CT molecular complexity index is 860. The molecule has 0 heterocycles. The average Bonchev–Trinajstić information content (AvgIpc) is 3.00. The minimum Gasteiger partial charge on any atom is -0.390 e. The molecule has 0 aliphatic heterocycles. The summed E-state index contributed by atoms with van der Waals surface area (Å²) >= 11 is 0.